The third-order valence-electron chi connectivity index (χ3n) is 3.14. The first-order chi connectivity index (χ1) is 10.0. The maximum atomic E-state index is 12.2. The molecular weight excluding hydrogens is 306 g/mol. The van der Waals surface area contributed by atoms with Crippen molar-refractivity contribution in [2.45, 2.75) is 31.2 Å². The van der Waals surface area contributed by atoms with Gasteiger partial charge in [0.1, 0.15) is 0 Å². The van der Waals surface area contributed by atoms with E-state index in [2.05, 4.69) is 11.6 Å². The molecule has 0 bridgehead atoms. The summed E-state index contributed by atoms with van der Waals surface area (Å²) in [4.78, 5) is 2.50. The molecule has 4 nitrogen and oxygen atoms in total. The highest BCUT2D eigenvalue weighted by Crippen LogP contribution is 2.18. The number of aliphatic hydroxyl groups is 1. The summed E-state index contributed by atoms with van der Waals surface area (Å²) < 4.78 is 27.0. The number of thiophene rings is 1. The molecule has 6 heteroatoms. The summed E-state index contributed by atoms with van der Waals surface area (Å²) in [5, 5.41) is 8.85. The molecular formula is C15H19NO3S2. The molecule has 1 aromatic carbocycles. The molecule has 0 aliphatic rings. The maximum Gasteiger partial charge on any atom is 0.240 e. The summed E-state index contributed by atoms with van der Waals surface area (Å²) in [6, 6.07) is 10.6. The van der Waals surface area contributed by atoms with Gasteiger partial charge in [-0.3, -0.25) is 0 Å². The molecule has 2 aromatic rings. The lowest BCUT2D eigenvalue weighted by Crippen LogP contribution is -2.22. The van der Waals surface area contributed by atoms with Gasteiger partial charge >= 0.3 is 0 Å². The highest BCUT2D eigenvalue weighted by Gasteiger charge is 2.14. The van der Waals surface area contributed by atoms with Crippen molar-refractivity contribution in [3.8, 4) is 0 Å². The van der Waals surface area contributed by atoms with Crippen molar-refractivity contribution in [1.29, 1.82) is 0 Å². The van der Waals surface area contributed by atoms with Gasteiger partial charge in [-0.05, 0) is 42.7 Å². The number of sulfonamides is 1. The molecule has 0 aliphatic heterocycles. The second-order valence-corrected chi connectivity index (χ2v) is 7.68. The first-order valence-electron chi connectivity index (χ1n) is 6.82. The largest absolute Gasteiger partial charge is 0.396 e. The minimum Gasteiger partial charge on any atom is -0.396 e. The predicted molar refractivity (Wildman–Crippen MR) is 85.0 cm³/mol. The first kappa shape index (κ1) is 16.2. The highest BCUT2D eigenvalue weighted by atomic mass is 32.2. The van der Waals surface area contributed by atoms with Crippen LogP contribution in [0.15, 0.2) is 41.3 Å². The Morgan fingerprint density at radius 2 is 1.76 bits per heavy atom. The van der Waals surface area contributed by atoms with Crippen molar-refractivity contribution >= 4 is 21.4 Å². The second kappa shape index (κ2) is 7.17. The summed E-state index contributed by atoms with van der Waals surface area (Å²) in [7, 11) is -3.49. The number of aliphatic hydroxyl groups excluding tert-OH is 1. The smallest absolute Gasteiger partial charge is 0.240 e. The molecule has 2 N–H and O–H groups in total. The third kappa shape index (κ3) is 4.38. The second-order valence-electron chi connectivity index (χ2n) is 4.66. The Labute approximate surface area is 129 Å². The fourth-order valence-corrected chi connectivity index (χ4v) is 3.92. The SMILES string of the molecule is CCc1ccc(CNS(=O)(=O)c2ccc(CCO)cc2)s1. The molecule has 0 fully saturated rings. The molecule has 1 heterocycles. The molecule has 21 heavy (non-hydrogen) atoms. The monoisotopic (exact) mass is 325 g/mol. The molecule has 0 unspecified atom stereocenters. The van der Waals surface area contributed by atoms with E-state index in [1.807, 2.05) is 12.1 Å². The molecule has 0 saturated carbocycles. The molecule has 1 aromatic heterocycles. The zero-order valence-corrected chi connectivity index (χ0v) is 13.5. The van der Waals surface area contributed by atoms with Crippen molar-refractivity contribution in [2.75, 3.05) is 6.61 Å². The Kier molecular flexibility index (Phi) is 5.52. The lowest BCUT2D eigenvalue weighted by Gasteiger charge is -2.06. The molecule has 0 saturated heterocycles. The van der Waals surface area contributed by atoms with Gasteiger partial charge in [0, 0.05) is 22.9 Å². The topological polar surface area (TPSA) is 66.4 Å². The minimum atomic E-state index is -3.49. The average molecular weight is 325 g/mol. The standard InChI is InChI=1S/C15H19NO3S2/c1-2-13-5-6-14(20-13)11-16-21(18,19)15-7-3-12(4-8-15)9-10-17/h3-8,16-17H,2,9-11H2,1H3. The Balaban J connectivity index is 2.03. The number of aryl methyl sites for hydroxylation is 1. The van der Waals surface area contributed by atoms with Crippen LogP contribution in [0.5, 0.6) is 0 Å². The van der Waals surface area contributed by atoms with Crippen LogP contribution in [0, 0.1) is 0 Å². The van der Waals surface area contributed by atoms with Crippen molar-refractivity contribution in [3.63, 3.8) is 0 Å². The van der Waals surface area contributed by atoms with Gasteiger partial charge in [-0.2, -0.15) is 0 Å². The maximum absolute atomic E-state index is 12.2. The van der Waals surface area contributed by atoms with Crippen LogP contribution in [-0.2, 0) is 29.4 Å². The van der Waals surface area contributed by atoms with Gasteiger partial charge in [0.25, 0.3) is 0 Å². The normalized spacial score (nSPS) is 11.7. The Morgan fingerprint density at radius 3 is 2.33 bits per heavy atom. The number of nitrogens with one attached hydrogen (secondary N) is 1. The van der Waals surface area contributed by atoms with Crippen molar-refractivity contribution in [2.24, 2.45) is 0 Å². The number of rotatable bonds is 7. The summed E-state index contributed by atoms with van der Waals surface area (Å²) in [6.45, 7) is 2.45. The van der Waals surface area contributed by atoms with Crippen LogP contribution in [0.1, 0.15) is 22.2 Å². The van der Waals surface area contributed by atoms with Crippen LogP contribution >= 0.6 is 11.3 Å². The number of benzene rings is 1. The molecule has 0 radical (unpaired) electrons. The molecule has 114 valence electrons. The third-order valence-corrected chi connectivity index (χ3v) is 5.78. The van der Waals surface area contributed by atoms with E-state index in [1.165, 1.54) is 4.88 Å². The molecule has 0 amide bonds. The van der Waals surface area contributed by atoms with Gasteiger partial charge in [-0.1, -0.05) is 19.1 Å². The van der Waals surface area contributed by atoms with Crippen LogP contribution in [0.4, 0.5) is 0 Å². The van der Waals surface area contributed by atoms with Crippen LogP contribution in [0.3, 0.4) is 0 Å². The Hall–Kier alpha value is -1.21. The van der Waals surface area contributed by atoms with E-state index in [1.54, 1.807) is 35.6 Å². The lowest BCUT2D eigenvalue weighted by atomic mass is 10.2. The van der Waals surface area contributed by atoms with Crippen LogP contribution in [0.25, 0.3) is 0 Å². The number of hydrogen-bond donors (Lipinski definition) is 2. The zero-order chi connectivity index (χ0) is 15.3. The van der Waals surface area contributed by atoms with Gasteiger partial charge in [-0.15, -0.1) is 11.3 Å². The fourth-order valence-electron chi connectivity index (χ4n) is 1.92. The van der Waals surface area contributed by atoms with Crippen LogP contribution < -0.4 is 4.72 Å². The van der Waals surface area contributed by atoms with Crippen molar-refractivity contribution in [3.05, 3.63) is 51.7 Å². The van der Waals surface area contributed by atoms with E-state index in [0.29, 0.717) is 13.0 Å². The Bertz CT molecular complexity index is 675. The molecule has 0 spiro atoms. The van der Waals surface area contributed by atoms with E-state index in [0.717, 1.165) is 16.9 Å². The van der Waals surface area contributed by atoms with Gasteiger partial charge in [0.15, 0.2) is 0 Å². The quantitative estimate of drug-likeness (QED) is 0.821. The van der Waals surface area contributed by atoms with Crippen LogP contribution in [0.2, 0.25) is 0 Å². The predicted octanol–water partition coefficient (Wildman–Crippen LogP) is 2.32. The molecule has 2 rings (SSSR count). The van der Waals surface area contributed by atoms with E-state index in [4.69, 9.17) is 5.11 Å². The summed E-state index contributed by atoms with van der Waals surface area (Å²) in [6.07, 6.45) is 1.49. The van der Waals surface area contributed by atoms with Gasteiger partial charge < -0.3 is 5.11 Å². The zero-order valence-electron chi connectivity index (χ0n) is 11.9. The van der Waals surface area contributed by atoms with Gasteiger partial charge in [0.05, 0.1) is 4.90 Å². The first-order valence-corrected chi connectivity index (χ1v) is 9.12. The Morgan fingerprint density at radius 1 is 1.10 bits per heavy atom. The van der Waals surface area contributed by atoms with Crippen LogP contribution in [-0.4, -0.2) is 20.1 Å². The highest BCUT2D eigenvalue weighted by molar-refractivity contribution is 7.89. The average Bonchev–Trinajstić information content (AvgIpc) is 2.94. The van der Waals surface area contributed by atoms with Crippen molar-refractivity contribution < 1.29 is 13.5 Å². The molecule has 0 aliphatic carbocycles. The summed E-state index contributed by atoms with van der Waals surface area (Å²) >= 11 is 1.62. The molecule has 0 atom stereocenters. The van der Waals surface area contributed by atoms with Crippen molar-refractivity contribution in [1.82, 2.24) is 4.72 Å². The van der Waals surface area contributed by atoms with E-state index < -0.39 is 10.0 Å². The summed E-state index contributed by atoms with van der Waals surface area (Å²) in [5.74, 6) is 0. The van der Waals surface area contributed by atoms with Gasteiger partial charge in [0.2, 0.25) is 10.0 Å². The lowest BCUT2D eigenvalue weighted by molar-refractivity contribution is 0.299. The number of hydrogen-bond acceptors (Lipinski definition) is 4. The van der Waals surface area contributed by atoms with E-state index >= 15 is 0 Å². The van der Waals surface area contributed by atoms with E-state index in [9.17, 15) is 8.42 Å². The van der Waals surface area contributed by atoms with E-state index in [-0.39, 0.29) is 11.5 Å². The van der Waals surface area contributed by atoms with Gasteiger partial charge in [-0.25, -0.2) is 13.1 Å². The fraction of sp³-hybridized carbons (Fsp3) is 0.333. The summed E-state index contributed by atoms with van der Waals surface area (Å²) in [5.41, 5.74) is 0.919. The minimum absolute atomic E-state index is 0.0580.